The molecule has 2 rings (SSSR count). The predicted molar refractivity (Wildman–Crippen MR) is 87.8 cm³/mol. The maximum absolute atomic E-state index is 12.9. The van der Waals surface area contributed by atoms with Crippen molar-refractivity contribution < 1.29 is 8.78 Å². The van der Waals surface area contributed by atoms with Crippen molar-refractivity contribution in [1.29, 1.82) is 0 Å². The van der Waals surface area contributed by atoms with Crippen LogP contribution in [0, 0.1) is 0 Å². The van der Waals surface area contributed by atoms with E-state index in [0.29, 0.717) is 11.5 Å². The number of hydrogen-bond acceptors (Lipinski definition) is 3. The Morgan fingerprint density at radius 3 is 2.59 bits per heavy atom. The molecular weight excluding hydrogens is 300 g/mol. The van der Waals surface area contributed by atoms with Crippen molar-refractivity contribution in [3.05, 3.63) is 23.9 Å². The van der Waals surface area contributed by atoms with Crippen LogP contribution in [0.3, 0.4) is 0 Å². The van der Waals surface area contributed by atoms with Crippen molar-refractivity contribution >= 4 is 15.3 Å². The molecule has 1 aliphatic carbocycles. The summed E-state index contributed by atoms with van der Waals surface area (Å²) in [6.07, 6.45) is 0.662. The van der Waals surface area contributed by atoms with Gasteiger partial charge in [0, 0.05) is 42.2 Å². The van der Waals surface area contributed by atoms with E-state index in [9.17, 15) is 8.78 Å². The summed E-state index contributed by atoms with van der Waals surface area (Å²) >= 11 is 0. The summed E-state index contributed by atoms with van der Waals surface area (Å²) < 4.78 is 25.8. The van der Waals surface area contributed by atoms with Gasteiger partial charge < -0.3 is 10.6 Å². The van der Waals surface area contributed by atoms with E-state index < -0.39 is 5.92 Å². The molecule has 2 radical (unpaired) electrons. The summed E-state index contributed by atoms with van der Waals surface area (Å²) in [5, 5.41) is 6.71. The molecule has 1 aromatic heterocycles. The van der Waals surface area contributed by atoms with Gasteiger partial charge in [-0.2, -0.15) is 0 Å². The lowest BCUT2D eigenvalue weighted by molar-refractivity contribution is -0.0794. The SMILES string of the molecule is C[Si]C(Cc1cccc(NC2CC(F)(F)C2)n1)NC(C)(C)C. The zero-order valence-electron chi connectivity index (χ0n) is 13.7. The second-order valence-electron chi connectivity index (χ2n) is 7.06. The summed E-state index contributed by atoms with van der Waals surface area (Å²) in [6.45, 7) is 8.65. The quantitative estimate of drug-likeness (QED) is 0.788. The van der Waals surface area contributed by atoms with Crippen molar-refractivity contribution in [3.8, 4) is 0 Å². The highest BCUT2D eigenvalue weighted by Crippen LogP contribution is 2.38. The van der Waals surface area contributed by atoms with Crippen molar-refractivity contribution in [2.24, 2.45) is 0 Å². The van der Waals surface area contributed by atoms with Crippen LogP contribution in [0.1, 0.15) is 39.3 Å². The maximum atomic E-state index is 12.9. The Bertz CT molecular complexity index is 494. The predicted octanol–water partition coefficient (Wildman–Crippen LogP) is 3.30. The van der Waals surface area contributed by atoms with Gasteiger partial charge in [-0.05, 0) is 32.9 Å². The molecule has 0 saturated heterocycles. The molecule has 1 atom stereocenters. The second kappa shape index (κ2) is 6.62. The smallest absolute Gasteiger partial charge is 0.252 e. The van der Waals surface area contributed by atoms with E-state index in [1.807, 2.05) is 18.2 Å². The number of pyridine rings is 1. The van der Waals surface area contributed by atoms with Gasteiger partial charge in [-0.1, -0.05) is 12.6 Å². The maximum Gasteiger partial charge on any atom is 0.252 e. The average Bonchev–Trinajstić information content (AvgIpc) is 2.34. The van der Waals surface area contributed by atoms with Crippen LogP contribution < -0.4 is 10.6 Å². The van der Waals surface area contributed by atoms with Crippen LogP contribution >= 0.6 is 0 Å². The fraction of sp³-hybridized carbons (Fsp3) is 0.688. The van der Waals surface area contributed by atoms with Gasteiger partial charge in [0.15, 0.2) is 0 Å². The van der Waals surface area contributed by atoms with E-state index in [2.05, 4.69) is 42.9 Å². The number of anilines is 1. The fourth-order valence-electron chi connectivity index (χ4n) is 2.60. The fourth-order valence-corrected chi connectivity index (χ4v) is 3.59. The van der Waals surface area contributed by atoms with E-state index in [4.69, 9.17) is 0 Å². The van der Waals surface area contributed by atoms with Gasteiger partial charge in [0.2, 0.25) is 0 Å². The minimum Gasteiger partial charge on any atom is -0.367 e. The standard InChI is InChI=1S/C16H25F2N3Si/c1-15(2,3)21-14(22-4)8-11-6-5-7-13(19-11)20-12-9-16(17,18)10-12/h5-7,12,14,21H,8-10H2,1-4H3,(H,19,20). The average molecular weight is 325 g/mol. The molecule has 6 heteroatoms. The molecule has 1 aromatic rings. The van der Waals surface area contributed by atoms with Crippen LogP contribution in [0.25, 0.3) is 0 Å². The molecule has 3 nitrogen and oxygen atoms in total. The first-order chi connectivity index (χ1) is 10.2. The number of nitrogens with zero attached hydrogens (tertiary/aromatic N) is 1. The summed E-state index contributed by atoms with van der Waals surface area (Å²) in [5.41, 5.74) is 1.45. The zero-order chi connectivity index (χ0) is 16.4. The third-order valence-corrected chi connectivity index (χ3v) is 4.66. The van der Waals surface area contributed by atoms with E-state index in [1.54, 1.807) is 0 Å². The van der Waals surface area contributed by atoms with Gasteiger partial charge in [0.25, 0.3) is 5.92 Å². The largest absolute Gasteiger partial charge is 0.367 e. The minimum absolute atomic E-state index is 0.0705. The Kier molecular flexibility index (Phi) is 5.22. The number of nitrogens with one attached hydrogen (secondary N) is 2. The Hall–Kier alpha value is -1.01. The van der Waals surface area contributed by atoms with Crippen molar-refractivity contribution in [2.75, 3.05) is 5.32 Å². The Labute approximate surface area is 134 Å². The summed E-state index contributed by atoms with van der Waals surface area (Å²) in [4.78, 5) is 4.57. The van der Waals surface area contributed by atoms with Gasteiger partial charge in [-0.25, -0.2) is 13.8 Å². The second-order valence-corrected chi connectivity index (χ2v) is 8.33. The molecule has 1 heterocycles. The minimum atomic E-state index is -2.50. The highest BCUT2D eigenvalue weighted by atomic mass is 28.2. The van der Waals surface area contributed by atoms with E-state index in [0.717, 1.165) is 21.6 Å². The molecule has 1 fully saturated rings. The number of alkyl halides is 2. The molecule has 1 unspecified atom stereocenters. The molecule has 0 spiro atoms. The van der Waals surface area contributed by atoms with Gasteiger partial charge in [0.1, 0.15) is 5.82 Å². The van der Waals surface area contributed by atoms with E-state index in [1.165, 1.54) is 0 Å². The van der Waals surface area contributed by atoms with E-state index in [-0.39, 0.29) is 24.4 Å². The molecule has 22 heavy (non-hydrogen) atoms. The van der Waals surface area contributed by atoms with Crippen LogP contribution in [0.5, 0.6) is 0 Å². The van der Waals surface area contributed by atoms with Gasteiger partial charge in [-0.3, -0.25) is 0 Å². The molecule has 0 aromatic carbocycles. The number of aromatic nitrogens is 1. The highest BCUT2D eigenvalue weighted by molar-refractivity contribution is 6.35. The van der Waals surface area contributed by atoms with E-state index >= 15 is 0 Å². The van der Waals surface area contributed by atoms with Crippen molar-refractivity contribution in [1.82, 2.24) is 10.3 Å². The Balaban J connectivity index is 1.93. The van der Waals surface area contributed by atoms with Crippen molar-refractivity contribution in [2.45, 2.75) is 69.7 Å². The van der Waals surface area contributed by atoms with Gasteiger partial charge in [-0.15, -0.1) is 0 Å². The molecule has 122 valence electrons. The molecule has 1 aliphatic rings. The topological polar surface area (TPSA) is 37.0 Å². The van der Waals surface area contributed by atoms with Crippen LogP contribution in [-0.2, 0) is 6.42 Å². The molecule has 0 amide bonds. The summed E-state index contributed by atoms with van der Waals surface area (Å²) in [5.74, 6) is -1.80. The number of hydrogen-bond donors (Lipinski definition) is 2. The first-order valence-electron chi connectivity index (χ1n) is 7.72. The van der Waals surface area contributed by atoms with Crippen molar-refractivity contribution in [3.63, 3.8) is 0 Å². The molecular formula is C16H25F2N3Si. The lowest BCUT2D eigenvalue weighted by Crippen LogP contribution is -2.47. The van der Waals surface area contributed by atoms with Gasteiger partial charge in [0.05, 0.1) is 9.52 Å². The summed E-state index contributed by atoms with van der Waals surface area (Å²) in [6, 6.07) is 5.63. The molecule has 0 aliphatic heterocycles. The molecule has 1 saturated carbocycles. The summed E-state index contributed by atoms with van der Waals surface area (Å²) in [7, 11) is 0.774. The Morgan fingerprint density at radius 1 is 1.36 bits per heavy atom. The first kappa shape index (κ1) is 17.3. The highest BCUT2D eigenvalue weighted by Gasteiger charge is 2.45. The normalized spacial score (nSPS) is 19.5. The van der Waals surface area contributed by atoms with Crippen LogP contribution in [0.2, 0.25) is 6.55 Å². The molecule has 0 bridgehead atoms. The van der Waals surface area contributed by atoms with Crippen LogP contribution in [-0.4, -0.2) is 37.7 Å². The third kappa shape index (κ3) is 5.32. The van der Waals surface area contributed by atoms with Crippen LogP contribution in [0.15, 0.2) is 18.2 Å². The van der Waals surface area contributed by atoms with Gasteiger partial charge >= 0.3 is 0 Å². The monoisotopic (exact) mass is 325 g/mol. The number of rotatable bonds is 6. The zero-order valence-corrected chi connectivity index (χ0v) is 14.7. The van der Waals surface area contributed by atoms with Crippen LogP contribution in [0.4, 0.5) is 14.6 Å². The molecule has 2 N–H and O–H groups in total. The third-order valence-electron chi connectivity index (χ3n) is 3.62. The lowest BCUT2D eigenvalue weighted by Gasteiger charge is -2.35. The number of halogens is 2. The Morgan fingerprint density at radius 2 is 2.05 bits per heavy atom. The first-order valence-corrected chi connectivity index (χ1v) is 9.30. The lowest BCUT2D eigenvalue weighted by atomic mass is 9.88.